The quantitative estimate of drug-likeness (QED) is 0.715. The first kappa shape index (κ1) is 10.3. The summed E-state index contributed by atoms with van der Waals surface area (Å²) in [4.78, 5) is 0. The molecule has 2 rings (SSSR count). The highest BCUT2D eigenvalue weighted by Gasteiger charge is 2.48. The van der Waals surface area contributed by atoms with Gasteiger partial charge < -0.3 is 14.2 Å². The van der Waals surface area contributed by atoms with Crippen LogP contribution in [0, 0.1) is 0 Å². The molecule has 1 fully saturated rings. The second-order valence-corrected chi connectivity index (χ2v) is 4.22. The van der Waals surface area contributed by atoms with Crippen molar-refractivity contribution in [3.8, 4) is 11.5 Å². The second-order valence-electron chi connectivity index (χ2n) is 4.22. The van der Waals surface area contributed by atoms with Gasteiger partial charge in [-0.05, 0) is 31.5 Å². The molecular weight excluding hydrogens is 192 g/mol. The summed E-state index contributed by atoms with van der Waals surface area (Å²) < 4.78 is 16.0. The first-order valence-electron chi connectivity index (χ1n) is 4.98. The molecule has 0 spiro atoms. The molecule has 1 aromatic carbocycles. The summed E-state index contributed by atoms with van der Waals surface area (Å²) in [5.74, 6) is 1.50. The van der Waals surface area contributed by atoms with Gasteiger partial charge in [0.05, 0.1) is 19.8 Å². The molecule has 0 N–H and O–H groups in total. The zero-order valence-corrected chi connectivity index (χ0v) is 9.53. The van der Waals surface area contributed by atoms with Crippen LogP contribution >= 0.6 is 0 Å². The Labute approximate surface area is 90.0 Å². The first-order valence-corrected chi connectivity index (χ1v) is 4.98. The van der Waals surface area contributed by atoms with Crippen molar-refractivity contribution < 1.29 is 14.2 Å². The van der Waals surface area contributed by atoms with Gasteiger partial charge >= 0.3 is 0 Å². The SMILES string of the molecule is COc1ccc(C2OC2(C)C)cc1OC. The fourth-order valence-corrected chi connectivity index (χ4v) is 1.76. The molecule has 82 valence electrons. The van der Waals surface area contributed by atoms with Crippen molar-refractivity contribution >= 4 is 0 Å². The summed E-state index contributed by atoms with van der Waals surface area (Å²) in [5, 5.41) is 0. The van der Waals surface area contributed by atoms with Crippen LogP contribution in [0.25, 0.3) is 0 Å². The van der Waals surface area contributed by atoms with Crippen molar-refractivity contribution in [2.75, 3.05) is 14.2 Å². The lowest BCUT2D eigenvalue weighted by Crippen LogP contribution is -1.98. The number of ether oxygens (including phenoxy) is 3. The van der Waals surface area contributed by atoms with Crippen molar-refractivity contribution in [3.05, 3.63) is 23.8 Å². The maximum absolute atomic E-state index is 5.57. The van der Waals surface area contributed by atoms with Crippen LogP contribution in [0.2, 0.25) is 0 Å². The highest BCUT2D eigenvalue weighted by molar-refractivity contribution is 5.44. The Bertz CT molecular complexity index is 371. The van der Waals surface area contributed by atoms with Gasteiger partial charge in [0.2, 0.25) is 0 Å². The Kier molecular flexibility index (Phi) is 2.35. The Hall–Kier alpha value is -1.22. The maximum Gasteiger partial charge on any atom is 0.161 e. The molecule has 0 saturated carbocycles. The van der Waals surface area contributed by atoms with Gasteiger partial charge in [-0.25, -0.2) is 0 Å². The van der Waals surface area contributed by atoms with E-state index < -0.39 is 0 Å². The van der Waals surface area contributed by atoms with E-state index in [1.165, 1.54) is 0 Å². The number of epoxide rings is 1. The highest BCUT2D eigenvalue weighted by Crippen LogP contribution is 2.50. The Morgan fingerprint density at radius 2 is 1.73 bits per heavy atom. The van der Waals surface area contributed by atoms with E-state index in [1.807, 2.05) is 18.2 Å². The van der Waals surface area contributed by atoms with Crippen molar-refractivity contribution in [3.63, 3.8) is 0 Å². The van der Waals surface area contributed by atoms with Crippen molar-refractivity contribution in [1.82, 2.24) is 0 Å². The van der Waals surface area contributed by atoms with E-state index in [2.05, 4.69) is 13.8 Å². The van der Waals surface area contributed by atoms with Gasteiger partial charge in [-0.1, -0.05) is 6.07 Å². The molecule has 0 bridgehead atoms. The third-order valence-corrected chi connectivity index (χ3v) is 2.71. The molecule has 1 aliphatic rings. The second kappa shape index (κ2) is 3.42. The van der Waals surface area contributed by atoms with Gasteiger partial charge in [0.15, 0.2) is 11.5 Å². The van der Waals surface area contributed by atoms with Crippen LogP contribution in [0.4, 0.5) is 0 Å². The van der Waals surface area contributed by atoms with E-state index in [4.69, 9.17) is 14.2 Å². The van der Waals surface area contributed by atoms with Gasteiger partial charge in [0.1, 0.15) is 6.10 Å². The van der Waals surface area contributed by atoms with E-state index in [0.29, 0.717) is 0 Å². The fourth-order valence-electron chi connectivity index (χ4n) is 1.76. The molecule has 0 aliphatic carbocycles. The van der Waals surface area contributed by atoms with E-state index in [-0.39, 0.29) is 11.7 Å². The zero-order chi connectivity index (χ0) is 11.1. The minimum Gasteiger partial charge on any atom is -0.493 e. The van der Waals surface area contributed by atoms with E-state index in [9.17, 15) is 0 Å². The summed E-state index contributed by atoms with van der Waals surface area (Å²) >= 11 is 0. The summed E-state index contributed by atoms with van der Waals surface area (Å²) in [6.45, 7) is 4.16. The van der Waals surface area contributed by atoms with Crippen LogP contribution in [0.15, 0.2) is 18.2 Å². The molecule has 1 heterocycles. The monoisotopic (exact) mass is 208 g/mol. The van der Waals surface area contributed by atoms with E-state index in [1.54, 1.807) is 14.2 Å². The normalized spacial score (nSPS) is 22.3. The highest BCUT2D eigenvalue weighted by atomic mass is 16.6. The van der Waals surface area contributed by atoms with Crippen LogP contribution in [-0.4, -0.2) is 19.8 Å². The van der Waals surface area contributed by atoms with Crippen molar-refractivity contribution in [1.29, 1.82) is 0 Å². The molecule has 0 amide bonds. The maximum atomic E-state index is 5.57. The molecule has 15 heavy (non-hydrogen) atoms. The summed E-state index contributed by atoms with van der Waals surface area (Å²) in [6, 6.07) is 5.89. The lowest BCUT2D eigenvalue weighted by molar-refractivity contribution is 0.324. The van der Waals surface area contributed by atoms with Gasteiger partial charge in [0.25, 0.3) is 0 Å². The van der Waals surface area contributed by atoms with Crippen molar-refractivity contribution in [2.45, 2.75) is 25.6 Å². The van der Waals surface area contributed by atoms with Crippen LogP contribution in [-0.2, 0) is 4.74 Å². The molecule has 3 nitrogen and oxygen atoms in total. The standard InChI is InChI=1S/C12H16O3/c1-12(2)11(15-12)8-5-6-9(13-3)10(7-8)14-4/h5-7,11H,1-4H3. The van der Waals surface area contributed by atoms with Gasteiger partial charge in [0, 0.05) is 0 Å². The van der Waals surface area contributed by atoms with E-state index in [0.717, 1.165) is 17.1 Å². The molecular formula is C12H16O3. The summed E-state index contributed by atoms with van der Waals surface area (Å²) in [7, 11) is 3.27. The largest absolute Gasteiger partial charge is 0.493 e. The number of hydrogen-bond donors (Lipinski definition) is 0. The molecule has 1 aromatic rings. The third kappa shape index (κ3) is 1.79. The van der Waals surface area contributed by atoms with Crippen LogP contribution in [0.3, 0.4) is 0 Å². The topological polar surface area (TPSA) is 31.0 Å². The van der Waals surface area contributed by atoms with Gasteiger partial charge in [-0.15, -0.1) is 0 Å². The Morgan fingerprint density at radius 1 is 1.13 bits per heavy atom. The van der Waals surface area contributed by atoms with E-state index >= 15 is 0 Å². The average Bonchev–Trinajstić information content (AvgIpc) is 2.86. The molecule has 1 unspecified atom stereocenters. The molecule has 3 heteroatoms. The van der Waals surface area contributed by atoms with Gasteiger partial charge in [-0.3, -0.25) is 0 Å². The lowest BCUT2D eigenvalue weighted by Gasteiger charge is -2.08. The van der Waals surface area contributed by atoms with Crippen LogP contribution in [0.5, 0.6) is 11.5 Å². The predicted molar refractivity (Wildman–Crippen MR) is 57.5 cm³/mol. The average molecular weight is 208 g/mol. The molecule has 0 radical (unpaired) electrons. The number of hydrogen-bond acceptors (Lipinski definition) is 3. The van der Waals surface area contributed by atoms with Crippen LogP contribution < -0.4 is 9.47 Å². The third-order valence-electron chi connectivity index (χ3n) is 2.71. The molecule has 1 aliphatic heterocycles. The number of methoxy groups -OCH3 is 2. The molecule has 1 atom stereocenters. The molecule has 1 saturated heterocycles. The predicted octanol–water partition coefficient (Wildman–Crippen LogP) is 2.55. The van der Waals surface area contributed by atoms with Crippen molar-refractivity contribution in [2.24, 2.45) is 0 Å². The fraction of sp³-hybridized carbons (Fsp3) is 0.500. The Balaban J connectivity index is 2.28. The summed E-state index contributed by atoms with van der Waals surface area (Å²) in [5.41, 5.74) is 1.09. The van der Waals surface area contributed by atoms with Crippen LogP contribution in [0.1, 0.15) is 25.5 Å². The number of benzene rings is 1. The minimum atomic E-state index is -0.0421. The minimum absolute atomic E-state index is 0.0421. The zero-order valence-electron chi connectivity index (χ0n) is 9.53. The lowest BCUT2D eigenvalue weighted by atomic mass is 10.0. The Morgan fingerprint density at radius 3 is 2.20 bits per heavy atom. The number of rotatable bonds is 3. The summed E-state index contributed by atoms with van der Waals surface area (Å²) in [6.07, 6.45) is 0.178. The molecule has 0 aromatic heterocycles. The van der Waals surface area contributed by atoms with Gasteiger partial charge in [-0.2, -0.15) is 0 Å². The first-order chi connectivity index (χ1) is 7.08. The smallest absolute Gasteiger partial charge is 0.161 e.